The van der Waals surface area contributed by atoms with Gasteiger partial charge >= 0.3 is 5.97 Å². The molecule has 9 heteroatoms. The number of hydrogen-bond acceptors (Lipinski definition) is 5. The molecule has 0 radical (unpaired) electrons. The molecule has 23 heavy (non-hydrogen) atoms. The van der Waals surface area contributed by atoms with Crippen molar-refractivity contribution >= 4 is 83.6 Å². The largest absolute Gasteiger partial charge is 0.462 e. The van der Waals surface area contributed by atoms with Crippen LogP contribution >= 0.6 is 67.8 Å². The summed E-state index contributed by atoms with van der Waals surface area (Å²) in [6.07, 6.45) is 0.712. The van der Waals surface area contributed by atoms with Gasteiger partial charge in [0.2, 0.25) is 0 Å². The number of nitrogens with zero attached hydrogens (tertiary/aromatic N) is 1. The van der Waals surface area contributed by atoms with Crippen molar-refractivity contribution in [3.8, 4) is 0 Å². The second kappa shape index (κ2) is 8.94. The number of hydrogen-bond donors (Lipinski definition) is 0. The summed E-state index contributed by atoms with van der Waals surface area (Å²) in [6.45, 7) is 2.25. The van der Waals surface area contributed by atoms with Crippen LogP contribution < -0.4 is 0 Å². The first kappa shape index (κ1) is 20.1. The summed E-state index contributed by atoms with van der Waals surface area (Å²) in [5.74, 6) is 0.157. The van der Waals surface area contributed by atoms with E-state index in [9.17, 15) is 13.2 Å². The van der Waals surface area contributed by atoms with Crippen LogP contribution in [0.2, 0.25) is 0 Å². The molecule has 1 saturated heterocycles. The second-order valence-corrected chi connectivity index (χ2v) is 11.0. The Hall–Kier alpha value is 0.790. The van der Waals surface area contributed by atoms with Crippen LogP contribution in [0.3, 0.4) is 0 Å². The van der Waals surface area contributed by atoms with Gasteiger partial charge in [-0.25, -0.2) is 13.2 Å². The third-order valence-electron chi connectivity index (χ3n) is 3.50. The molecule has 0 spiro atoms. The van der Waals surface area contributed by atoms with E-state index in [0.717, 1.165) is 17.3 Å². The zero-order chi connectivity index (χ0) is 17.0. The number of sulfone groups is 1. The van der Waals surface area contributed by atoms with E-state index in [0.29, 0.717) is 31.7 Å². The van der Waals surface area contributed by atoms with Crippen LogP contribution in [0, 0.1) is 10.7 Å². The standard InChI is InChI=1S/C14H16I3NO4S/c15-10-8-11(13(17)12(16)9-10)14(19)22-5-1-2-18-3-6-23(20,21)7-4-18/h8-9H,1-7H2. The van der Waals surface area contributed by atoms with Crippen LogP contribution in [0.25, 0.3) is 0 Å². The Morgan fingerprint density at radius 2 is 1.83 bits per heavy atom. The minimum absolute atomic E-state index is 0.228. The van der Waals surface area contributed by atoms with E-state index < -0.39 is 9.84 Å². The summed E-state index contributed by atoms with van der Waals surface area (Å²) in [5, 5.41) is 0. The minimum atomic E-state index is -2.84. The summed E-state index contributed by atoms with van der Waals surface area (Å²) in [6, 6.07) is 3.85. The Labute approximate surface area is 177 Å². The zero-order valence-electron chi connectivity index (χ0n) is 12.2. The molecule has 0 unspecified atom stereocenters. The van der Waals surface area contributed by atoms with Crippen molar-refractivity contribution in [1.82, 2.24) is 4.90 Å². The van der Waals surface area contributed by atoms with Crippen molar-refractivity contribution in [2.75, 3.05) is 37.7 Å². The number of benzene rings is 1. The Kier molecular flexibility index (Phi) is 7.82. The van der Waals surface area contributed by atoms with E-state index in [1.165, 1.54) is 0 Å². The lowest BCUT2D eigenvalue weighted by atomic mass is 10.2. The second-order valence-electron chi connectivity index (χ2n) is 5.23. The lowest BCUT2D eigenvalue weighted by molar-refractivity contribution is 0.0488. The summed E-state index contributed by atoms with van der Waals surface area (Å²) < 4.78 is 31.0. The fourth-order valence-electron chi connectivity index (χ4n) is 2.21. The Balaban J connectivity index is 1.78. The SMILES string of the molecule is O=C(OCCCN1CCS(=O)(=O)CC1)c1cc(I)cc(I)c1I. The minimum Gasteiger partial charge on any atom is -0.462 e. The van der Waals surface area contributed by atoms with Crippen molar-refractivity contribution in [3.05, 3.63) is 28.4 Å². The average molecular weight is 675 g/mol. The van der Waals surface area contributed by atoms with E-state index in [1.54, 1.807) is 0 Å². The maximum atomic E-state index is 12.2. The number of ether oxygens (including phenoxy) is 1. The summed E-state index contributed by atoms with van der Waals surface area (Å²) in [7, 11) is -2.84. The van der Waals surface area contributed by atoms with Crippen LogP contribution in [0.1, 0.15) is 16.8 Å². The van der Waals surface area contributed by atoms with Gasteiger partial charge in [0.25, 0.3) is 0 Å². The predicted molar refractivity (Wildman–Crippen MR) is 115 cm³/mol. The van der Waals surface area contributed by atoms with Crippen LogP contribution in [-0.4, -0.2) is 57.0 Å². The molecule has 1 fully saturated rings. The molecule has 1 aromatic rings. The zero-order valence-corrected chi connectivity index (χ0v) is 19.5. The van der Waals surface area contributed by atoms with Gasteiger partial charge in [-0.15, -0.1) is 0 Å². The normalized spacial score (nSPS) is 17.9. The fourth-order valence-corrected chi connectivity index (χ4v) is 5.86. The van der Waals surface area contributed by atoms with Crippen LogP contribution in [0.4, 0.5) is 0 Å². The predicted octanol–water partition coefficient (Wildman–Crippen LogP) is 2.78. The van der Waals surface area contributed by atoms with Gasteiger partial charge in [-0.05, 0) is 86.3 Å². The highest BCUT2D eigenvalue weighted by molar-refractivity contribution is 14.1. The molecule has 0 bridgehead atoms. The van der Waals surface area contributed by atoms with E-state index in [-0.39, 0.29) is 17.5 Å². The molecule has 0 amide bonds. The first-order chi connectivity index (χ1) is 10.8. The highest BCUT2D eigenvalue weighted by Crippen LogP contribution is 2.23. The molecule has 1 aliphatic heterocycles. The van der Waals surface area contributed by atoms with Crippen molar-refractivity contribution in [3.63, 3.8) is 0 Å². The number of carbonyl (C=O) groups is 1. The Morgan fingerprint density at radius 1 is 1.17 bits per heavy atom. The summed E-state index contributed by atoms with van der Waals surface area (Å²) >= 11 is 6.56. The lowest BCUT2D eigenvalue weighted by Crippen LogP contribution is -2.40. The molecular formula is C14H16I3NO4S. The van der Waals surface area contributed by atoms with Crippen molar-refractivity contribution in [2.45, 2.75) is 6.42 Å². The number of halogens is 3. The number of esters is 1. The van der Waals surface area contributed by atoms with Gasteiger partial charge in [0.15, 0.2) is 9.84 Å². The average Bonchev–Trinajstić information content (AvgIpc) is 2.48. The molecule has 1 aromatic carbocycles. The molecule has 1 aliphatic rings. The van der Waals surface area contributed by atoms with Gasteiger partial charge in [-0.3, -0.25) is 0 Å². The molecule has 1 heterocycles. The van der Waals surface area contributed by atoms with Gasteiger partial charge in [0, 0.05) is 30.3 Å². The number of rotatable bonds is 5. The molecule has 0 aliphatic carbocycles. The van der Waals surface area contributed by atoms with E-state index in [2.05, 4.69) is 72.7 Å². The van der Waals surface area contributed by atoms with Crippen LogP contribution in [0.15, 0.2) is 12.1 Å². The molecule has 2 rings (SSSR count). The third kappa shape index (κ3) is 6.22. The Bertz CT molecular complexity index is 680. The monoisotopic (exact) mass is 675 g/mol. The van der Waals surface area contributed by atoms with Gasteiger partial charge in [-0.1, -0.05) is 0 Å². The van der Waals surface area contributed by atoms with E-state index in [4.69, 9.17) is 4.74 Å². The summed E-state index contributed by atoms with van der Waals surface area (Å²) in [4.78, 5) is 14.3. The molecule has 0 aromatic heterocycles. The quantitative estimate of drug-likeness (QED) is 0.208. The highest BCUT2D eigenvalue weighted by atomic mass is 127. The van der Waals surface area contributed by atoms with Gasteiger partial charge in [0.05, 0.1) is 23.7 Å². The molecule has 0 saturated carbocycles. The lowest BCUT2D eigenvalue weighted by Gasteiger charge is -2.26. The van der Waals surface area contributed by atoms with Crippen molar-refractivity contribution in [1.29, 1.82) is 0 Å². The maximum absolute atomic E-state index is 12.2. The van der Waals surface area contributed by atoms with Crippen molar-refractivity contribution in [2.24, 2.45) is 0 Å². The maximum Gasteiger partial charge on any atom is 0.339 e. The highest BCUT2D eigenvalue weighted by Gasteiger charge is 2.21. The first-order valence-electron chi connectivity index (χ1n) is 7.03. The van der Waals surface area contributed by atoms with E-state index >= 15 is 0 Å². The van der Waals surface area contributed by atoms with Gasteiger partial charge < -0.3 is 9.64 Å². The molecular weight excluding hydrogens is 659 g/mol. The first-order valence-corrected chi connectivity index (χ1v) is 12.1. The van der Waals surface area contributed by atoms with Crippen LogP contribution in [-0.2, 0) is 14.6 Å². The summed E-state index contributed by atoms with van der Waals surface area (Å²) in [5.41, 5.74) is 0.603. The number of carbonyl (C=O) groups excluding carboxylic acids is 1. The van der Waals surface area contributed by atoms with Crippen molar-refractivity contribution < 1.29 is 17.9 Å². The van der Waals surface area contributed by atoms with E-state index in [1.807, 2.05) is 12.1 Å². The topological polar surface area (TPSA) is 63.7 Å². The third-order valence-corrected chi connectivity index (χ3v) is 8.78. The van der Waals surface area contributed by atoms with Crippen LogP contribution in [0.5, 0.6) is 0 Å². The molecule has 5 nitrogen and oxygen atoms in total. The fraction of sp³-hybridized carbons (Fsp3) is 0.500. The smallest absolute Gasteiger partial charge is 0.339 e. The molecule has 0 atom stereocenters. The Morgan fingerprint density at radius 3 is 2.48 bits per heavy atom. The molecule has 128 valence electrons. The van der Waals surface area contributed by atoms with Gasteiger partial charge in [-0.2, -0.15) is 0 Å². The van der Waals surface area contributed by atoms with Gasteiger partial charge in [0.1, 0.15) is 0 Å². The molecule has 0 N–H and O–H groups in total.